The van der Waals surface area contributed by atoms with Crippen molar-refractivity contribution in [1.82, 2.24) is 0 Å². The quantitative estimate of drug-likeness (QED) is 0.142. The molecule has 4 aromatic carbocycles. The predicted octanol–water partition coefficient (Wildman–Crippen LogP) is 12.2. The van der Waals surface area contributed by atoms with Crippen LogP contribution in [0.4, 0.5) is 0 Å². The molecule has 0 aromatic heterocycles. The van der Waals surface area contributed by atoms with Crippen LogP contribution in [-0.2, 0) is 39.6 Å². The number of hydrogen-bond donors (Lipinski definition) is 4. The second kappa shape index (κ2) is 13.6. The molecule has 5 nitrogen and oxygen atoms in total. The SMILES string of the molecule is CC(C)(C)c1cc2c(O)c(c1)Sc1cc(C(C)(C)C)cc(c1O)Sc1cc(C(C)(C)C)cc(c1O)Sc1cc(C(C)(C)C)cc(c1O)COC2. The van der Waals surface area contributed by atoms with Crippen LogP contribution in [0.25, 0.3) is 0 Å². The summed E-state index contributed by atoms with van der Waals surface area (Å²) >= 11 is 3.98. The van der Waals surface area contributed by atoms with Gasteiger partial charge >= 0.3 is 0 Å². The Bertz CT molecular complexity index is 1800. The molecule has 1 heterocycles. The van der Waals surface area contributed by atoms with Crippen molar-refractivity contribution in [3.63, 3.8) is 0 Å². The largest absolute Gasteiger partial charge is 0.506 e. The normalized spacial score (nSPS) is 14.6. The van der Waals surface area contributed by atoms with Crippen molar-refractivity contribution < 1.29 is 25.2 Å². The molecule has 0 unspecified atom stereocenters. The standard InChI is InChI=1S/C42H52O5S3/c1-39(2,3)25-13-23-21-47-22-24-14-26(40(4,5)6)16-30(36(24)44)49-32-18-28(42(10,11)12)20-34(38(32)46)50-33-19-27(41(7,8)9)17-31(37(33)45)48-29(15-25)35(23)43/h13-20,43-46H,21-22H2,1-12H3. The van der Waals surface area contributed by atoms with Gasteiger partial charge in [-0.3, -0.25) is 0 Å². The van der Waals surface area contributed by atoms with Gasteiger partial charge in [0.25, 0.3) is 0 Å². The van der Waals surface area contributed by atoms with Gasteiger partial charge in [0.1, 0.15) is 23.0 Å². The zero-order chi connectivity index (χ0) is 37.1. The van der Waals surface area contributed by atoms with Crippen molar-refractivity contribution in [2.45, 2.75) is 147 Å². The van der Waals surface area contributed by atoms with E-state index in [-0.39, 0.29) is 57.9 Å². The van der Waals surface area contributed by atoms with Crippen LogP contribution in [-0.4, -0.2) is 20.4 Å². The first kappa shape index (κ1) is 38.3. The summed E-state index contributed by atoms with van der Waals surface area (Å²) in [4.78, 5) is 3.67. The summed E-state index contributed by atoms with van der Waals surface area (Å²) < 4.78 is 6.28. The van der Waals surface area contributed by atoms with E-state index in [0.717, 1.165) is 22.3 Å². The predicted molar refractivity (Wildman–Crippen MR) is 208 cm³/mol. The maximum atomic E-state index is 11.9. The highest BCUT2D eigenvalue weighted by Gasteiger charge is 2.27. The molecule has 0 radical (unpaired) electrons. The fourth-order valence-electron chi connectivity index (χ4n) is 5.54. The van der Waals surface area contributed by atoms with Crippen molar-refractivity contribution in [3.8, 4) is 23.0 Å². The summed E-state index contributed by atoms with van der Waals surface area (Å²) in [7, 11) is 0. The fraction of sp³-hybridized carbons (Fsp3) is 0.429. The van der Waals surface area contributed by atoms with Gasteiger partial charge in [0, 0.05) is 11.1 Å². The Morgan fingerprint density at radius 2 is 0.600 bits per heavy atom. The van der Waals surface area contributed by atoms with E-state index in [1.54, 1.807) is 0 Å². The topological polar surface area (TPSA) is 90.2 Å². The number of hydrogen-bond acceptors (Lipinski definition) is 8. The molecule has 0 spiro atoms. The summed E-state index contributed by atoms with van der Waals surface area (Å²) in [6.07, 6.45) is 0. The van der Waals surface area contributed by atoms with Gasteiger partial charge in [0.15, 0.2) is 0 Å². The Balaban J connectivity index is 1.83. The first-order valence-electron chi connectivity index (χ1n) is 17.0. The van der Waals surface area contributed by atoms with Crippen molar-refractivity contribution >= 4 is 35.3 Å². The first-order valence-corrected chi connectivity index (χ1v) is 19.5. The van der Waals surface area contributed by atoms with Gasteiger partial charge in [-0.25, -0.2) is 0 Å². The summed E-state index contributed by atoms with van der Waals surface area (Å²) in [5, 5.41) is 47.2. The molecule has 0 atom stereocenters. The molecule has 0 aliphatic carbocycles. The van der Waals surface area contributed by atoms with Gasteiger partial charge in [-0.05, 0) is 92.4 Å². The highest BCUT2D eigenvalue weighted by Crippen LogP contribution is 2.52. The third-order valence-electron chi connectivity index (χ3n) is 9.03. The van der Waals surface area contributed by atoms with Crippen LogP contribution in [0.1, 0.15) is 116 Å². The van der Waals surface area contributed by atoms with Gasteiger partial charge in [0.2, 0.25) is 0 Å². The second-order valence-electron chi connectivity index (χ2n) is 17.4. The Labute approximate surface area is 311 Å². The fourth-order valence-corrected chi connectivity index (χ4v) is 8.78. The van der Waals surface area contributed by atoms with Crippen LogP contribution >= 0.6 is 35.3 Å². The molecule has 50 heavy (non-hydrogen) atoms. The average Bonchev–Trinajstić information content (AvgIpc) is 2.97. The molecule has 5 rings (SSSR count). The molecule has 0 amide bonds. The first-order chi connectivity index (χ1) is 22.9. The molecular weight excluding hydrogens is 681 g/mol. The molecule has 8 bridgehead atoms. The van der Waals surface area contributed by atoms with Crippen molar-refractivity contribution in [2.75, 3.05) is 0 Å². The summed E-state index contributed by atoms with van der Waals surface area (Å²) in [6.45, 7) is 25.8. The van der Waals surface area contributed by atoms with E-state index in [4.69, 9.17) is 4.74 Å². The minimum absolute atomic E-state index is 0.0856. The van der Waals surface area contributed by atoms with E-state index in [1.165, 1.54) is 35.3 Å². The summed E-state index contributed by atoms with van der Waals surface area (Å²) in [5.41, 5.74) is 4.44. The summed E-state index contributed by atoms with van der Waals surface area (Å²) in [6, 6.07) is 15.9. The number of benzene rings is 4. The Hall–Kier alpha value is -2.91. The minimum atomic E-state index is -0.243. The number of aromatic hydroxyl groups is 4. The lowest BCUT2D eigenvalue weighted by Crippen LogP contribution is -2.13. The highest BCUT2D eigenvalue weighted by molar-refractivity contribution is 8.01. The maximum Gasteiger partial charge on any atom is 0.143 e. The smallest absolute Gasteiger partial charge is 0.143 e. The van der Waals surface area contributed by atoms with Crippen LogP contribution in [0.2, 0.25) is 0 Å². The average molecular weight is 733 g/mol. The third-order valence-corrected chi connectivity index (χ3v) is 12.2. The lowest BCUT2D eigenvalue weighted by atomic mass is 9.86. The van der Waals surface area contributed by atoms with E-state index in [0.29, 0.717) is 40.5 Å². The molecule has 1 aliphatic heterocycles. The van der Waals surface area contributed by atoms with Crippen molar-refractivity contribution in [1.29, 1.82) is 0 Å². The minimum Gasteiger partial charge on any atom is -0.506 e. The number of fused-ring (bicyclic) bond motifs is 8. The van der Waals surface area contributed by atoms with Crippen molar-refractivity contribution in [2.24, 2.45) is 0 Å². The Morgan fingerprint density at radius 3 is 0.840 bits per heavy atom. The monoisotopic (exact) mass is 732 g/mol. The van der Waals surface area contributed by atoms with Crippen LogP contribution in [0.5, 0.6) is 23.0 Å². The molecule has 268 valence electrons. The number of ether oxygens (including phenoxy) is 1. The van der Waals surface area contributed by atoms with Gasteiger partial charge < -0.3 is 25.2 Å². The third kappa shape index (κ3) is 8.25. The van der Waals surface area contributed by atoms with Crippen LogP contribution in [0, 0.1) is 0 Å². The number of phenolic OH excluding ortho intramolecular Hbond substituents is 4. The van der Waals surface area contributed by atoms with E-state index >= 15 is 0 Å². The zero-order valence-electron chi connectivity index (χ0n) is 31.5. The molecule has 8 heteroatoms. The molecule has 0 saturated heterocycles. The highest BCUT2D eigenvalue weighted by atomic mass is 32.2. The number of phenols is 4. The molecule has 1 aliphatic rings. The van der Waals surface area contributed by atoms with Gasteiger partial charge in [0.05, 0.1) is 42.6 Å². The Kier molecular flexibility index (Phi) is 10.4. The lowest BCUT2D eigenvalue weighted by molar-refractivity contribution is 0.103. The second-order valence-corrected chi connectivity index (χ2v) is 20.7. The maximum absolute atomic E-state index is 11.9. The molecule has 4 N–H and O–H groups in total. The zero-order valence-corrected chi connectivity index (χ0v) is 33.9. The molecule has 4 aromatic rings. The van der Waals surface area contributed by atoms with E-state index in [1.807, 2.05) is 48.5 Å². The summed E-state index contributed by atoms with van der Waals surface area (Å²) in [5.74, 6) is 0.371. The Morgan fingerprint density at radius 1 is 0.380 bits per heavy atom. The molecule has 0 fully saturated rings. The lowest BCUT2D eigenvalue weighted by Gasteiger charge is -2.25. The van der Waals surface area contributed by atoms with Crippen LogP contribution in [0.15, 0.2) is 77.9 Å². The molecule has 0 saturated carbocycles. The van der Waals surface area contributed by atoms with Gasteiger partial charge in [-0.2, -0.15) is 0 Å². The molecular formula is C42H52O5S3. The van der Waals surface area contributed by atoms with Crippen molar-refractivity contribution in [3.05, 3.63) is 81.9 Å². The van der Waals surface area contributed by atoms with Gasteiger partial charge in [-0.1, -0.05) is 118 Å². The van der Waals surface area contributed by atoms with Crippen LogP contribution in [0.3, 0.4) is 0 Å². The van der Waals surface area contributed by atoms with E-state index in [9.17, 15) is 20.4 Å². The van der Waals surface area contributed by atoms with Gasteiger partial charge in [-0.15, -0.1) is 0 Å². The number of rotatable bonds is 0. The van der Waals surface area contributed by atoms with E-state index in [2.05, 4.69) is 83.1 Å². The van der Waals surface area contributed by atoms with Crippen LogP contribution < -0.4 is 0 Å². The van der Waals surface area contributed by atoms with E-state index < -0.39 is 0 Å².